The average molecular weight is 330 g/mol. The minimum absolute atomic E-state index is 1.11. The molecule has 0 heterocycles. The Labute approximate surface area is 111 Å². The molecule has 0 amide bonds. The number of nitrogens with zero attached hydrogens (tertiary/aromatic N) is 2. The van der Waals surface area contributed by atoms with Gasteiger partial charge >= 0.3 is 111 Å². The van der Waals surface area contributed by atoms with Gasteiger partial charge in [-0.1, -0.05) is 0 Å². The van der Waals surface area contributed by atoms with Crippen LogP contribution in [-0.4, -0.2) is 72.5 Å². The van der Waals surface area contributed by atoms with E-state index >= 15 is 0 Å². The molecule has 0 aromatic carbocycles. The van der Waals surface area contributed by atoms with Crippen LogP contribution in [0.3, 0.4) is 0 Å². The molecule has 0 bridgehead atoms. The Kier molecular flexibility index (Phi) is 11.5. The van der Waals surface area contributed by atoms with E-state index < -0.39 is 21.4 Å². The van der Waals surface area contributed by atoms with Gasteiger partial charge in [0.1, 0.15) is 0 Å². The van der Waals surface area contributed by atoms with Crippen LogP contribution < -0.4 is 0 Å². The Hall–Kier alpha value is 0.790. The zero-order valence-corrected chi connectivity index (χ0v) is 15.4. The molecule has 0 aliphatic rings. The molecule has 0 saturated carbocycles. The number of hydrogen-bond donors (Lipinski definition) is 0. The summed E-state index contributed by atoms with van der Waals surface area (Å²) in [5, 5.41) is 0. The van der Waals surface area contributed by atoms with Crippen LogP contribution >= 0.6 is 0 Å². The summed E-state index contributed by atoms with van der Waals surface area (Å²) < 4.78 is 4.88. The third-order valence-electron chi connectivity index (χ3n) is 3.13. The van der Waals surface area contributed by atoms with Crippen molar-refractivity contribution in [2.45, 2.75) is 38.7 Å². The van der Waals surface area contributed by atoms with Gasteiger partial charge in [-0.15, -0.1) is 0 Å². The van der Waals surface area contributed by atoms with Crippen molar-refractivity contribution in [3.63, 3.8) is 0 Å². The monoisotopic (exact) mass is 330 g/mol. The van der Waals surface area contributed by atoms with E-state index in [0.29, 0.717) is 0 Å². The minimum atomic E-state index is -1.11. The first-order chi connectivity index (χ1) is 7.56. The second-order valence-corrected chi connectivity index (χ2v) is 15.4. The molecule has 0 N–H and O–H groups in total. The van der Waals surface area contributed by atoms with Crippen LogP contribution in [0.5, 0.6) is 0 Å². The zero-order chi connectivity index (χ0) is 12.4. The molecule has 16 heavy (non-hydrogen) atoms. The molecule has 0 rings (SSSR count). The standard InChI is InChI=1S/2C5H12N.C3H7.In/c2*1-4-5-6(2)3;1-3-2;/h2*1,4-5H2,2-3H3;1,3H2,2H3;. The Bertz CT molecular complexity index is 135. The molecule has 0 aromatic rings. The second kappa shape index (κ2) is 10.9. The summed E-state index contributed by atoms with van der Waals surface area (Å²) in [6.07, 6.45) is 4.34. The fourth-order valence-corrected chi connectivity index (χ4v) is 11.4. The van der Waals surface area contributed by atoms with Crippen molar-refractivity contribution in [3.8, 4) is 0 Å². The third kappa shape index (κ3) is 11.3. The van der Waals surface area contributed by atoms with Gasteiger partial charge in [-0.2, -0.15) is 0 Å². The number of rotatable bonds is 10. The van der Waals surface area contributed by atoms with Gasteiger partial charge in [0.25, 0.3) is 0 Å². The van der Waals surface area contributed by atoms with Gasteiger partial charge in [0.15, 0.2) is 0 Å². The van der Waals surface area contributed by atoms with Gasteiger partial charge in [-0.25, -0.2) is 0 Å². The van der Waals surface area contributed by atoms with Crippen molar-refractivity contribution in [3.05, 3.63) is 0 Å². The van der Waals surface area contributed by atoms with E-state index in [1.165, 1.54) is 32.4 Å². The van der Waals surface area contributed by atoms with Crippen LogP contribution in [0.15, 0.2) is 0 Å². The normalized spacial score (nSPS) is 11.4. The number of hydrogen-bond acceptors (Lipinski definition) is 2. The van der Waals surface area contributed by atoms with E-state index in [2.05, 4.69) is 44.9 Å². The summed E-state index contributed by atoms with van der Waals surface area (Å²) in [4.78, 5) is 4.66. The third-order valence-corrected chi connectivity index (χ3v) is 14.1. The maximum absolute atomic E-state index is 2.36. The summed E-state index contributed by atoms with van der Waals surface area (Å²) in [5.74, 6) is 0. The first-order valence-electron chi connectivity index (χ1n) is 6.85. The summed E-state index contributed by atoms with van der Waals surface area (Å²) in [7, 11) is 8.76. The predicted molar refractivity (Wildman–Crippen MR) is 76.8 cm³/mol. The summed E-state index contributed by atoms with van der Waals surface area (Å²) in [6, 6.07) is 0. The SMILES string of the molecule is CC[CH2][In]([CH2]CCN(C)C)[CH2]CCN(C)C. The molecule has 0 fully saturated rings. The van der Waals surface area contributed by atoms with Crippen LogP contribution in [-0.2, 0) is 0 Å². The fraction of sp³-hybridized carbons (Fsp3) is 1.00. The Morgan fingerprint density at radius 3 is 1.50 bits per heavy atom. The Morgan fingerprint density at radius 1 is 0.750 bits per heavy atom. The molecule has 3 heteroatoms. The van der Waals surface area contributed by atoms with Gasteiger partial charge in [0.05, 0.1) is 0 Å². The van der Waals surface area contributed by atoms with E-state index in [1.54, 1.807) is 12.5 Å². The predicted octanol–water partition coefficient (Wildman–Crippen LogP) is 2.79. The van der Waals surface area contributed by atoms with Gasteiger partial charge in [-0.3, -0.25) is 0 Å². The van der Waals surface area contributed by atoms with E-state index in [9.17, 15) is 0 Å². The molecule has 0 spiro atoms. The van der Waals surface area contributed by atoms with E-state index in [0.717, 1.165) is 0 Å². The quantitative estimate of drug-likeness (QED) is 0.608. The topological polar surface area (TPSA) is 6.48 Å². The average Bonchev–Trinajstić information content (AvgIpc) is 2.16. The molecule has 0 aliphatic carbocycles. The zero-order valence-electron chi connectivity index (χ0n) is 12.1. The van der Waals surface area contributed by atoms with Crippen molar-refractivity contribution in [2.24, 2.45) is 0 Å². The van der Waals surface area contributed by atoms with Crippen LogP contribution in [0.4, 0.5) is 0 Å². The van der Waals surface area contributed by atoms with Gasteiger partial charge in [0.2, 0.25) is 0 Å². The van der Waals surface area contributed by atoms with Crippen molar-refractivity contribution in [1.29, 1.82) is 0 Å². The van der Waals surface area contributed by atoms with Crippen LogP contribution in [0.25, 0.3) is 0 Å². The van der Waals surface area contributed by atoms with E-state index in [1.807, 2.05) is 0 Å². The van der Waals surface area contributed by atoms with E-state index in [4.69, 9.17) is 0 Å². The van der Waals surface area contributed by atoms with Gasteiger partial charge in [0, 0.05) is 0 Å². The van der Waals surface area contributed by atoms with Crippen LogP contribution in [0.2, 0.25) is 12.5 Å². The Balaban J connectivity index is 3.61. The first kappa shape index (κ1) is 16.8. The maximum atomic E-state index is 2.36. The molecule has 96 valence electrons. The molecule has 0 saturated heterocycles. The van der Waals surface area contributed by atoms with Crippen LogP contribution in [0.1, 0.15) is 26.2 Å². The second-order valence-electron chi connectivity index (χ2n) is 5.55. The molecule has 2 nitrogen and oxygen atoms in total. The van der Waals surface area contributed by atoms with E-state index in [-0.39, 0.29) is 0 Å². The molecular formula is C13H31InN2. The summed E-state index contributed by atoms with van der Waals surface area (Å²) in [6.45, 7) is 4.96. The molecule has 0 aromatic heterocycles. The molecular weight excluding hydrogens is 299 g/mol. The van der Waals surface area contributed by atoms with Gasteiger partial charge in [-0.05, 0) is 0 Å². The van der Waals surface area contributed by atoms with Crippen molar-refractivity contribution >= 4 is 21.4 Å². The summed E-state index contributed by atoms with van der Waals surface area (Å²) >= 11 is -1.11. The molecule has 0 unspecified atom stereocenters. The fourth-order valence-electron chi connectivity index (χ4n) is 2.23. The Morgan fingerprint density at radius 2 is 1.19 bits per heavy atom. The van der Waals surface area contributed by atoms with Gasteiger partial charge < -0.3 is 0 Å². The molecule has 0 radical (unpaired) electrons. The van der Waals surface area contributed by atoms with Crippen LogP contribution in [0, 0.1) is 0 Å². The molecule has 0 aliphatic heterocycles. The van der Waals surface area contributed by atoms with Crippen molar-refractivity contribution in [1.82, 2.24) is 9.80 Å². The summed E-state index contributed by atoms with van der Waals surface area (Å²) in [5.41, 5.74) is 0. The van der Waals surface area contributed by atoms with Crippen molar-refractivity contribution < 1.29 is 0 Å². The molecule has 0 atom stereocenters. The first-order valence-corrected chi connectivity index (χ1v) is 13.8. The van der Waals surface area contributed by atoms with Crippen molar-refractivity contribution in [2.75, 3.05) is 41.3 Å².